The van der Waals surface area contributed by atoms with Gasteiger partial charge in [-0.15, -0.1) is 0 Å². The van der Waals surface area contributed by atoms with Crippen LogP contribution in [0.15, 0.2) is 12.3 Å². The number of anilines is 1. The fourth-order valence-electron chi connectivity index (χ4n) is 2.31. The summed E-state index contributed by atoms with van der Waals surface area (Å²) in [5.74, 6) is 1.38. The van der Waals surface area contributed by atoms with Crippen LogP contribution in [0.1, 0.15) is 23.2 Å². The number of alkyl halides is 3. The van der Waals surface area contributed by atoms with Crippen LogP contribution < -0.4 is 11.3 Å². The summed E-state index contributed by atoms with van der Waals surface area (Å²) in [4.78, 5) is 16.8. The van der Waals surface area contributed by atoms with Crippen LogP contribution in [0.25, 0.3) is 0 Å². The lowest BCUT2D eigenvalue weighted by Crippen LogP contribution is -2.44. The number of nitrogens with one attached hydrogen (secondary N) is 1. The second-order valence-corrected chi connectivity index (χ2v) is 4.80. The van der Waals surface area contributed by atoms with Gasteiger partial charge in [-0.2, -0.15) is 13.2 Å². The molecule has 2 heterocycles. The number of hydrogen-bond donors (Lipinski definition) is 2. The standard InChI is InChI=1S/C12H14F4N4O/c13-9-8(3-4-18-10(9)19-17)11(21)20-5-1-2-7(6-20)12(14,15)16/h3-4,7H,1-2,5-6,17H2,(H,18,19). The lowest BCUT2D eigenvalue weighted by atomic mass is 9.97. The largest absolute Gasteiger partial charge is 0.393 e. The van der Waals surface area contributed by atoms with E-state index in [1.165, 1.54) is 0 Å². The van der Waals surface area contributed by atoms with Gasteiger partial charge in [0.15, 0.2) is 11.6 Å². The smallest absolute Gasteiger partial charge is 0.338 e. The zero-order valence-electron chi connectivity index (χ0n) is 11.0. The number of piperidine rings is 1. The molecule has 5 nitrogen and oxygen atoms in total. The number of aromatic nitrogens is 1. The van der Waals surface area contributed by atoms with Crippen LogP contribution in [0.4, 0.5) is 23.4 Å². The molecule has 1 saturated heterocycles. The molecule has 0 saturated carbocycles. The Morgan fingerprint density at radius 2 is 2.19 bits per heavy atom. The molecule has 1 unspecified atom stereocenters. The van der Waals surface area contributed by atoms with Gasteiger partial charge in [0.25, 0.3) is 5.91 Å². The molecule has 9 heteroatoms. The topological polar surface area (TPSA) is 71.2 Å². The molecule has 1 aliphatic heterocycles. The molecule has 1 aromatic rings. The molecule has 1 amide bonds. The number of hydrogen-bond acceptors (Lipinski definition) is 4. The predicted octanol–water partition coefficient (Wildman–Crippen LogP) is 1.92. The molecule has 0 aromatic carbocycles. The van der Waals surface area contributed by atoms with Gasteiger partial charge in [-0.05, 0) is 18.9 Å². The minimum absolute atomic E-state index is 0.0261. The molecule has 1 aromatic heterocycles. The first kappa shape index (κ1) is 15.5. The quantitative estimate of drug-likeness (QED) is 0.497. The minimum atomic E-state index is -4.36. The van der Waals surface area contributed by atoms with Crippen molar-refractivity contribution in [3.05, 3.63) is 23.6 Å². The average molecular weight is 306 g/mol. The minimum Gasteiger partial charge on any atom is -0.338 e. The van der Waals surface area contributed by atoms with Gasteiger partial charge in [-0.25, -0.2) is 15.2 Å². The molecule has 0 spiro atoms. The Hall–Kier alpha value is -1.90. The third kappa shape index (κ3) is 3.23. The van der Waals surface area contributed by atoms with E-state index in [4.69, 9.17) is 5.84 Å². The van der Waals surface area contributed by atoms with Crippen molar-refractivity contribution < 1.29 is 22.4 Å². The Balaban J connectivity index is 2.20. The maximum absolute atomic E-state index is 13.9. The van der Waals surface area contributed by atoms with Gasteiger partial charge in [-0.1, -0.05) is 0 Å². The number of nitrogen functional groups attached to an aromatic ring is 1. The van der Waals surface area contributed by atoms with Gasteiger partial charge in [0.05, 0.1) is 11.5 Å². The van der Waals surface area contributed by atoms with E-state index >= 15 is 0 Å². The third-order valence-corrected chi connectivity index (χ3v) is 3.43. The maximum atomic E-state index is 13.9. The first-order valence-corrected chi connectivity index (χ1v) is 6.31. The van der Waals surface area contributed by atoms with E-state index < -0.39 is 30.4 Å². The van der Waals surface area contributed by atoms with Gasteiger partial charge in [0, 0.05) is 19.3 Å². The van der Waals surface area contributed by atoms with Crippen LogP contribution in [0.2, 0.25) is 0 Å². The highest BCUT2D eigenvalue weighted by molar-refractivity contribution is 5.95. The van der Waals surface area contributed by atoms with Crippen molar-refractivity contribution in [3.8, 4) is 0 Å². The summed E-state index contributed by atoms with van der Waals surface area (Å²) in [5.41, 5.74) is 1.64. The van der Waals surface area contributed by atoms with Gasteiger partial charge >= 0.3 is 6.18 Å². The lowest BCUT2D eigenvalue weighted by Gasteiger charge is -2.33. The number of hydrazine groups is 1. The van der Waals surface area contributed by atoms with Gasteiger partial charge in [-0.3, -0.25) is 4.79 Å². The third-order valence-electron chi connectivity index (χ3n) is 3.43. The highest BCUT2D eigenvalue weighted by Crippen LogP contribution is 2.33. The molecule has 1 atom stereocenters. The van der Waals surface area contributed by atoms with Crippen LogP contribution in [0.3, 0.4) is 0 Å². The first-order chi connectivity index (χ1) is 9.84. The van der Waals surface area contributed by atoms with Crippen molar-refractivity contribution in [2.45, 2.75) is 19.0 Å². The Morgan fingerprint density at radius 3 is 2.81 bits per heavy atom. The fourth-order valence-corrected chi connectivity index (χ4v) is 2.31. The van der Waals surface area contributed by atoms with Gasteiger partial charge in [0.2, 0.25) is 0 Å². The van der Waals surface area contributed by atoms with E-state index in [9.17, 15) is 22.4 Å². The predicted molar refractivity (Wildman–Crippen MR) is 66.7 cm³/mol. The van der Waals surface area contributed by atoms with E-state index in [0.717, 1.165) is 17.2 Å². The SMILES string of the molecule is NNc1nccc(C(=O)N2CCCC(C(F)(F)F)C2)c1F. The number of amides is 1. The Labute approximate surface area is 118 Å². The molecule has 116 valence electrons. The van der Waals surface area contributed by atoms with Crippen molar-refractivity contribution in [3.63, 3.8) is 0 Å². The number of halogens is 4. The van der Waals surface area contributed by atoms with Crippen molar-refractivity contribution in [2.24, 2.45) is 11.8 Å². The van der Waals surface area contributed by atoms with E-state index in [-0.39, 0.29) is 30.8 Å². The summed E-state index contributed by atoms with van der Waals surface area (Å²) in [6.45, 7) is -0.298. The normalized spacial score (nSPS) is 19.5. The molecule has 0 radical (unpaired) electrons. The summed E-state index contributed by atoms with van der Waals surface area (Å²) in [5, 5.41) is 0. The Kier molecular flexibility index (Phi) is 4.31. The van der Waals surface area contributed by atoms with Crippen LogP contribution >= 0.6 is 0 Å². The number of likely N-dealkylation sites (tertiary alicyclic amines) is 1. The van der Waals surface area contributed by atoms with Crippen LogP contribution in [-0.2, 0) is 0 Å². The first-order valence-electron chi connectivity index (χ1n) is 6.31. The fraction of sp³-hybridized carbons (Fsp3) is 0.500. The maximum Gasteiger partial charge on any atom is 0.393 e. The molecule has 3 N–H and O–H groups in total. The molecular weight excluding hydrogens is 292 g/mol. The summed E-state index contributed by atoms with van der Waals surface area (Å²) >= 11 is 0. The van der Waals surface area contributed by atoms with E-state index in [2.05, 4.69) is 4.98 Å². The van der Waals surface area contributed by atoms with Crippen LogP contribution in [0.5, 0.6) is 0 Å². The molecule has 21 heavy (non-hydrogen) atoms. The summed E-state index contributed by atoms with van der Waals surface area (Å²) in [6.07, 6.45) is -3.00. The summed E-state index contributed by atoms with van der Waals surface area (Å²) in [7, 11) is 0. The van der Waals surface area contributed by atoms with Gasteiger partial charge < -0.3 is 10.3 Å². The molecular formula is C12H14F4N4O. The molecule has 0 bridgehead atoms. The van der Waals surface area contributed by atoms with Crippen molar-refractivity contribution >= 4 is 11.7 Å². The molecule has 1 aliphatic rings. The van der Waals surface area contributed by atoms with E-state index in [1.54, 1.807) is 0 Å². The molecule has 2 rings (SSSR count). The number of rotatable bonds is 2. The lowest BCUT2D eigenvalue weighted by molar-refractivity contribution is -0.184. The van der Waals surface area contributed by atoms with E-state index in [0.29, 0.717) is 0 Å². The highest BCUT2D eigenvalue weighted by Gasteiger charge is 2.43. The van der Waals surface area contributed by atoms with Crippen LogP contribution in [0, 0.1) is 11.7 Å². The Morgan fingerprint density at radius 1 is 1.48 bits per heavy atom. The monoisotopic (exact) mass is 306 g/mol. The second kappa shape index (κ2) is 5.84. The van der Waals surface area contributed by atoms with Crippen molar-refractivity contribution in [2.75, 3.05) is 18.5 Å². The average Bonchev–Trinajstić information content (AvgIpc) is 2.46. The van der Waals surface area contributed by atoms with Crippen molar-refractivity contribution in [1.82, 2.24) is 9.88 Å². The number of nitrogens with zero attached hydrogens (tertiary/aromatic N) is 2. The summed E-state index contributed by atoms with van der Waals surface area (Å²) in [6, 6.07) is 1.12. The van der Waals surface area contributed by atoms with Gasteiger partial charge in [0.1, 0.15) is 0 Å². The number of nitrogens with two attached hydrogens (primary N) is 1. The van der Waals surface area contributed by atoms with Crippen molar-refractivity contribution in [1.29, 1.82) is 0 Å². The number of carbonyl (C=O) groups excluding carboxylic acids is 1. The summed E-state index contributed by atoms with van der Waals surface area (Å²) < 4.78 is 52.1. The van der Waals surface area contributed by atoms with Crippen LogP contribution in [-0.4, -0.2) is 35.1 Å². The zero-order valence-corrected chi connectivity index (χ0v) is 11.0. The number of carbonyl (C=O) groups is 1. The number of pyridine rings is 1. The molecule has 1 fully saturated rings. The Bertz CT molecular complexity index is 534. The zero-order chi connectivity index (χ0) is 15.6. The van der Waals surface area contributed by atoms with E-state index in [1.807, 2.05) is 5.43 Å². The molecule has 0 aliphatic carbocycles. The second-order valence-electron chi connectivity index (χ2n) is 4.80. The highest BCUT2D eigenvalue weighted by atomic mass is 19.4.